The van der Waals surface area contributed by atoms with Gasteiger partial charge in [0.15, 0.2) is 0 Å². The smallest absolute Gasteiger partial charge is 0.338 e. The largest absolute Gasteiger partial charge is 0.387 e. The van der Waals surface area contributed by atoms with Crippen LogP contribution in [-0.2, 0) is 23.9 Å². The van der Waals surface area contributed by atoms with Gasteiger partial charge in [-0.2, -0.15) is 0 Å². The molecule has 2 N–H and O–H groups in total. The minimum atomic E-state index is -0.579. The number of nitrogens with zero attached hydrogens (tertiary/aromatic N) is 1. The number of hydrogen-bond donors (Lipinski definition) is 1. The van der Waals surface area contributed by atoms with Gasteiger partial charge in [-0.05, 0) is 67.7 Å². The van der Waals surface area contributed by atoms with Crippen LogP contribution in [0, 0.1) is 35.5 Å². The maximum atomic E-state index is 11.4. The molecule has 6 atom stereocenters. The van der Waals surface area contributed by atoms with E-state index in [1.54, 1.807) is 0 Å². The van der Waals surface area contributed by atoms with E-state index in [1.807, 2.05) is 0 Å². The van der Waals surface area contributed by atoms with Gasteiger partial charge in [0.2, 0.25) is 0 Å². The Kier molecular flexibility index (Phi) is 6.32. The van der Waals surface area contributed by atoms with Gasteiger partial charge in [-0.15, -0.1) is 0 Å². The van der Waals surface area contributed by atoms with Gasteiger partial charge >= 0.3 is 11.9 Å². The second kappa shape index (κ2) is 9.14. The summed E-state index contributed by atoms with van der Waals surface area (Å²) in [5, 5.41) is 0. The molecule has 7 heteroatoms. The number of rotatable bonds is 3. The highest BCUT2D eigenvalue weighted by molar-refractivity contribution is 6.12. The fourth-order valence-electron chi connectivity index (χ4n) is 5.42. The third-order valence-corrected chi connectivity index (χ3v) is 7.01. The maximum Gasteiger partial charge on any atom is 0.338 e. The zero-order chi connectivity index (χ0) is 22.0. The summed E-state index contributed by atoms with van der Waals surface area (Å²) < 4.78 is 3.97. The van der Waals surface area contributed by atoms with E-state index in [4.69, 9.17) is 5.73 Å². The lowest BCUT2D eigenvalue weighted by atomic mass is 9.93. The van der Waals surface area contributed by atoms with E-state index in [0.29, 0.717) is 24.3 Å². The first kappa shape index (κ1) is 21.4. The molecule has 0 aromatic carbocycles. The van der Waals surface area contributed by atoms with Crippen LogP contribution in [0.1, 0.15) is 25.7 Å². The normalized spacial score (nSPS) is 35.6. The Morgan fingerprint density at radius 3 is 1.58 bits per heavy atom. The molecule has 7 nitrogen and oxygen atoms in total. The summed E-state index contributed by atoms with van der Waals surface area (Å²) in [4.78, 5) is 44.0. The number of carbonyl (C=O) groups excluding carboxylic acids is 4. The third kappa shape index (κ3) is 4.93. The van der Waals surface area contributed by atoms with Gasteiger partial charge in [-0.25, -0.2) is 9.59 Å². The summed E-state index contributed by atoms with van der Waals surface area (Å²) in [6, 6.07) is 0. The van der Waals surface area contributed by atoms with Gasteiger partial charge < -0.3 is 10.5 Å². The molecule has 0 spiro atoms. The van der Waals surface area contributed by atoms with Crippen molar-refractivity contribution < 1.29 is 23.9 Å². The molecule has 6 rings (SSSR count). The monoisotopic (exact) mass is 424 g/mol. The molecule has 2 saturated carbocycles. The molecule has 0 aromatic rings. The molecule has 6 aliphatic rings. The SMILES string of the molecule is NCC1CC2C=CC1C2.O=C1C=CC(=O)N1CC1CC2C=CC1C2.O=C1C=CC(=O)O1. The van der Waals surface area contributed by atoms with Crippen LogP contribution >= 0.6 is 0 Å². The van der Waals surface area contributed by atoms with Gasteiger partial charge in [0.05, 0.1) is 0 Å². The minimum absolute atomic E-state index is 0.147. The molecule has 4 bridgehead atoms. The molecule has 4 aliphatic carbocycles. The summed E-state index contributed by atoms with van der Waals surface area (Å²) in [7, 11) is 0. The van der Waals surface area contributed by atoms with Crippen LogP contribution in [0.25, 0.3) is 0 Å². The summed E-state index contributed by atoms with van der Waals surface area (Å²) in [5.74, 6) is 2.89. The van der Waals surface area contributed by atoms with E-state index < -0.39 is 11.9 Å². The summed E-state index contributed by atoms with van der Waals surface area (Å²) in [5.41, 5.74) is 5.59. The number of imide groups is 1. The topological polar surface area (TPSA) is 107 Å². The average Bonchev–Trinajstić information content (AvgIpc) is 3.59. The van der Waals surface area contributed by atoms with E-state index in [9.17, 15) is 19.2 Å². The number of hydrogen-bond acceptors (Lipinski definition) is 6. The standard InChI is InChI=1S/C12H13NO2.C8H13N.C4H2O3/c14-11-3-4-12(15)13(11)7-10-6-8-1-2-9(10)5-8;9-5-8-4-6-1-2-7(8)3-6;5-3-1-2-4(6)7-3/h1-4,8-10H,5-7H2;1-2,6-8H,3-5,9H2;1-2H. The predicted octanol–water partition coefficient (Wildman–Crippen LogP) is 1.91. The van der Waals surface area contributed by atoms with Crippen molar-refractivity contribution in [3.05, 3.63) is 48.6 Å². The fraction of sp³-hybridized carbons (Fsp3) is 0.500. The average molecular weight is 424 g/mol. The number of esters is 2. The lowest BCUT2D eigenvalue weighted by molar-refractivity contribution is -0.150. The van der Waals surface area contributed by atoms with Gasteiger partial charge in [-0.1, -0.05) is 24.3 Å². The molecule has 2 amide bonds. The molecule has 31 heavy (non-hydrogen) atoms. The molecular formula is C24H28N2O5. The summed E-state index contributed by atoms with van der Waals surface area (Å²) >= 11 is 0. The Morgan fingerprint density at radius 2 is 1.26 bits per heavy atom. The van der Waals surface area contributed by atoms with Gasteiger partial charge in [0, 0.05) is 30.8 Å². The Hall–Kier alpha value is -2.80. The first-order valence-corrected chi connectivity index (χ1v) is 11.0. The lowest BCUT2D eigenvalue weighted by Crippen LogP contribution is -2.35. The van der Waals surface area contributed by atoms with E-state index in [-0.39, 0.29) is 11.8 Å². The van der Waals surface area contributed by atoms with Crippen molar-refractivity contribution >= 4 is 23.8 Å². The van der Waals surface area contributed by atoms with Crippen LogP contribution in [-0.4, -0.2) is 41.7 Å². The molecular weight excluding hydrogens is 396 g/mol. The zero-order valence-corrected chi connectivity index (χ0v) is 17.4. The van der Waals surface area contributed by atoms with Crippen molar-refractivity contribution in [3.8, 4) is 0 Å². The second-order valence-electron chi connectivity index (χ2n) is 9.01. The van der Waals surface area contributed by atoms with Gasteiger partial charge in [0.25, 0.3) is 11.8 Å². The van der Waals surface area contributed by atoms with Crippen LogP contribution < -0.4 is 5.73 Å². The zero-order valence-electron chi connectivity index (χ0n) is 17.4. The Labute approximate surface area is 181 Å². The highest BCUT2D eigenvalue weighted by Crippen LogP contribution is 2.44. The second-order valence-corrected chi connectivity index (χ2v) is 9.01. The number of fused-ring (bicyclic) bond motifs is 4. The molecule has 2 aliphatic heterocycles. The van der Waals surface area contributed by atoms with E-state index >= 15 is 0 Å². The highest BCUT2D eigenvalue weighted by Gasteiger charge is 2.38. The Morgan fingerprint density at radius 1 is 0.742 bits per heavy atom. The van der Waals surface area contributed by atoms with Crippen LogP contribution in [0.2, 0.25) is 0 Å². The molecule has 2 fully saturated rings. The van der Waals surface area contributed by atoms with Gasteiger partial charge in [0.1, 0.15) is 0 Å². The van der Waals surface area contributed by atoms with Crippen LogP contribution in [0.4, 0.5) is 0 Å². The maximum absolute atomic E-state index is 11.4. The molecule has 164 valence electrons. The number of amides is 2. The van der Waals surface area contributed by atoms with Crippen molar-refractivity contribution in [2.45, 2.75) is 25.7 Å². The highest BCUT2D eigenvalue weighted by atomic mass is 16.6. The molecule has 0 aromatic heterocycles. The van der Waals surface area contributed by atoms with Crippen molar-refractivity contribution in [1.82, 2.24) is 4.90 Å². The van der Waals surface area contributed by atoms with Crippen molar-refractivity contribution in [2.24, 2.45) is 41.2 Å². The van der Waals surface area contributed by atoms with Crippen molar-refractivity contribution in [1.29, 1.82) is 0 Å². The Balaban J connectivity index is 0.000000123. The van der Waals surface area contributed by atoms with Crippen molar-refractivity contribution in [3.63, 3.8) is 0 Å². The number of carbonyl (C=O) groups is 4. The third-order valence-electron chi connectivity index (χ3n) is 7.01. The minimum Gasteiger partial charge on any atom is -0.387 e. The number of ether oxygens (including phenoxy) is 1. The first-order valence-electron chi connectivity index (χ1n) is 11.0. The van der Waals surface area contributed by atoms with E-state index in [0.717, 1.165) is 42.9 Å². The van der Waals surface area contributed by atoms with Crippen LogP contribution in [0.3, 0.4) is 0 Å². The summed E-state index contributed by atoms with van der Waals surface area (Å²) in [6.45, 7) is 1.50. The van der Waals surface area contributed by atoms with E-state index in [1.165, 1.54) is 36.3 Å². The van der Waals surface area contributed by atoms with Crippen LogP contribution in [0.5, 0.6) is 0 Å². The molecule has 0 saturated heterocycles. The fourth-order valence-corrected chi connectivity index (χ4v) is 5.42. The van der Waals surface area contributed by atoms with E-state index in [2.05, 4.69) is 29.0 Å². The number of cyclic esters (lactones) is 2. The molecule has 0 radical (unpaired) electrons. The molecule has 6 unspecified atom stereocenters. The molecule has 2 heterocycles. The predicted molar refractivity (Wildman–Crippen MR) is 113 cm³/mol. The number of allylic oxidation sites excluding steroid dienone is 4. The summed E-state index contributed by atoms with van der Waals surface area (Å²) in [6.07, 6.45) is 19.2. The van der Waals surface area contributed by atoms with Crippen LogP contribution in [0.15, 0.2) is 48.6 Å². The Bertz CT molecular complexity index is 852. The van der Waals surface area contributed by atoms with Gasteiger partial charge in [-0.3, -0.25) is 14.5 Å². The van der Waals surface area contributed by atoms with Crippen molar-refractivity contribution in [2.75, 3.05) is 13.1 Å². The quantitative estimate of drug-likeness (QED) is 0.321. The first-order chi connectivity index (χ1) is 14.9. The number of nitrogens with two attached hydrogens (primary N) is 1. The lowest BCUT2D eigenvalue weighted by Gasteiger charge is -2.23.